The molecule has 3 aromatic rings. The molecule has 0 spiro atoms. The van der Waals surface area contributed by atoms with E-state index in [0.717, 1.165) is 30.4 Å². The van der Waals surface area contributed by atoms with Crippen molar-refractivity contribution in [1.82, 2.24) is 4.98 Å². The topological polar surface area (TPSA) is 123 Å². The summed E-state index contributed by atoms with van der Waals surface area (Å²) in [7, 11) is 1.44. The lowest BCUT2D eigenvalue weighted by atomic mass is 9.69. The fourth-order valence-electron chi connectivity index (χ4n) is 4.94. The van der Waals surface area contributed by atoms with Gasteiger partial charge in [-0.25, -0.2) is 0 Å². The lowest BCUT2D eigenvalue weighted by molar-refractivity contribution is -0.145. The molecule has 1 atom stereocenters. The van der Waals surface area contributed by atoms with Crippen molar-refractivity contribution in [2.45, 2.75) is 43.4 Å². The number of benzene rings is 2. The van der Waals surface area contributed by atoms with Crippen molar-refractivity contribution in [3.8, 4) is 22.8 Å². The highest BCUT2D eigenvalue weighted by Gasteiger charge is 2.41. The average Bonchev–Trinajstić information content (AvgIpc) is 2.85. The van der Waals surface area contributed by atoms with Crippen LogP contribution in [0.5, 0.6) is 11.5 Å². The molecule has 34 heavy (non-hydrogen) atoms. The van der Waals surface area contributed by atoms with Crippen LogP contribution in [0.1, 0.15) is 54.7 Å². The number of carboxylic acids is 1. The van der Waals surface area contributed by atoms with Crippen molar-refractivity contribution < 1.29 is 24.5 Å². The highest BCUT2D eigenvalue weighted by molar-refractivity contribution is 5.86. The smallest absolute Gasteiger partial charge is 0.314 e. The molecule has 1 aliphatic rings. The largest absolute Gasteiger partial charge is 0.504 e. The zero-order valence-electron chi connectivity index (χ0n) is 19.0. The number of amides is 1. The van der Waals surface area contributed by atoms with Gasteiger partial charge in [-0.15, -0.1) is 0 Å². The minimum absolute atomic E-state index is 0.0308. The zero-order valence-corrected chi connectivity index (χ0v) is 19.0. The third-order valence-corrected chi connectivity index (χ3v) is 6.77. The number of ether oxygens (including phenoxy) is 1. The van der Waals surface area contributed by atoms with E-state index in [1.54, 1.807) is 30.5 Å². The maximum absolute atomic E-state index is 12.4. The summed E-state index contributed by atoms with van der Waals surface area (Å²) in [5, 5.41) is 20.0. The van der Waals surface area contributed by atoms with E-state index in [1.165, 1.54) is 13.2 Å². The van der Waals surface area contributed by atoms with Crippen molar-refractivity contribution in [3.63, 3.8) is 0 Å². The number of rotatable bonds is 7. The second-order valence-electron chi connectivity index (χ2n) is 8.77. The van der Waals surface area contributed by atoms with Crippen molar-refractivity contribution in [1.29, 1.82) is 0 Å². The number of pyridine rings is 1. The Kier molecular flexibility index (Phi) is 6.54. The number of aromatic hydroxyl groups is 1. The minimum atomic E-state index is -0.885. The number of nitrogens with two attached hydrogens (primary N) is 1. The van der Waals surface area contributed by atoms with Gasteiger partial charge >= 0.3 is 5.97 Å². The number of carboxylic acid groups (broad SMARTS) is 1. The summed E-state index contributed by atoms with van der Waals surface area (Å²) < 4.78 is 5.18. The molecule has 176 valence electrons. The molecular formula is C27H28N2O5. The van der Waals surface area contributed by atoms with Gasteiger partial charge in [-0.05, 0) is 59.9 Å². The number of carbonyl (C=O) groups excluding carboxylic acids is 1. The van der Waals surface area contributed by atoms with Gasteiger partial charge < -0.3 is 20.7 Å². The Hall–Kier alpha value is -3.87. The molecule has 0 bridgehead atoms. The number of carbonyl (C=O) groups is 2. The highest BCUT2D eigenvalue weighted by Crippen LogP contribution is 2.41. The van der Waals surface area contributed by atoms with Crippen molar-refractivity contribution in [2.24, 2.45) is 5.73 Å². The van der Waals surface area contributed by atoms with Crippen LogP contribution < -0.4 is 10.5 Å². The fraction of sp³-hybridized carbons (Fsp3) is 0.296. The van der Waals surface area contributed by atoms with Gasteiger partial charge in [-0.2, -0.15) is 0 Å². The van der Waals surface area contributed by atoms with Gasteiger partial charge in [0.25, 0.3) is 0 Å². The quantitative estimate of drug-likeness (QED) is 0.481. The Morgan fingerprint density at radius 3 is 2.44 bits per heavy atom. The van der Waals surface area contributed by atoms with Crippen LogP contribution in [0.15, 0.2) is 60.8 Å². The van der Waals surface area contributed by atoms with Crippen LogP contribution in [-0.4, -0.2) is 34.2 Å². The van der Waals surface area contributed by atoms with Gasteiger partial charge in [0, 0.05) is 11.8 Å². The predicted octanol–water partition coefficient (Wildman–Crippen LogP) is 4.37. The minimum Gasteiger partial charge on any atom is -0.504 e. The SMILES string of the molecule is COc1cc(C(C(N)=O)c2ccnc(-c3cccc(C4(C(=O)O)CCCCC4)c3)c2)ccc1O. The number of aliphatic carboxylic acids is 1. The Morgan fingerprint density at radius 2 is 1.76 bits per heavy atom. The number of nitrogens with zero attached hydrogens (tertiary/aromatic N) is 1. The molecule has 1 amide bonds. The first-order chi connectivity index (χ1) is 16.4. The molecule has 4 rings (SSSR count). The summed E-state index contributed by atoms with van der Waals surface area (Å²) in [5.74, 6) is -1.90. The molecule has 0 radical (unpaired) electrons. The Balaban J connectivity index is 1.74. The van der Waals surface area contributed by atoms with Gasteiger partial charge in [-0.3, -0.25) is 14.6 Å². The summed E-state index contributed by atoms with van der Waals surface area (Å²) in [6.07, 6.45) is 5.67. The number of phenolic OH excluding ortho intramolecular Hbond substituents is 1. The van der Waals surface area contributed by atoms with Crippen LogP contribution in [0.2, 0.25) is 0 Å². The van der Waals surface area contributed by atoms with E-state index in [-0.39, 0.29) is 11.5 Å². The van der Waals surface area contributed by atoms with Gasteiger partial charge in [0.15, 0.2) is 11.5 Å². The predicted molar refractivity (Wildman–Crippen MR) is 128 cm³/mol. The average molecular weight is 461 g/mol. The van der Waals surface area contributed by atoms with Crippen LogP contribution in [0.4, 0.5) is 0 Å². The lowest BCUT2D eigenvalue weighted by Crippen LogP contribution is -2.37. The molecule has 2 aromatic carbocycles. The summed E-state index contributed by atoms with van der Waals surface area (Å²) in [6.45, 7) is 0. The van der Waals surface area contributed by atoms with E-state index >= 15 is 0 Å². The fourth-order valence-corrected chi connectivity index (χ4v) is 4.94. The first-order valence-corrected chi connectivity index (χ1v) is 11.3. The first kappa shape index (κ1) is 23.3. The molecule has 1 unspecified atom stereocenters. The number of methoxy groups -OCH3 is 1. The number of hydrogen-bond acceptors (Lipinski definition) is 5. The highest BCUT2D eigenvalue weighted by atomic mass is 16.5. The van der Waals surface area contributed by atoms with Gasteiger partial charge in [0.1, 0.15) is 0 Å². The third kappa shape index (κ3) is 4.33. The summed E-state index contributed by atoms with van der Waals surface area (Å²) >= 11 is 0. The molecule has 1 saturated carbocycles. The van der Waals surface area contributed by atoms with Crippen LogP contribution in [0.25, 0.3) is 11.3 Å². The number of phenols is 1. The van der Waals surface area contributed by atoms with E-state index in [2.05, 4.69) is 4.98 Å². The normalized spacial score (nSPS) is 15.9. The Labute approximate surface area is 198 Å². The maximum Gasteiger partial charge on any atom is 0.314 e. The van der Waals surface area contributed by atoms with E-state index in [0.29, 0.717) is 29.7 Å². The number of hydrogen-bond donors (Lipinski definition) is 3. The van der Waals surface area contributed by atoms with Crippen molar-refractivity contribution >= 4 is 11.9 Å². The maximum atomic E-state index is 12.4. The molecule has 1 heterocycles. The van der Waals surface area contributed by atoms with Crippen molar-refractivity contribution in [3.05, 3.63) is 77.5 Å². The summed E-state index contributed by atoms with van der Waals surface area (Å²) in [4.78, 5) is 29.2. The first-order valence-electron chi connectivity index (χ1n) is 11.3. The van der Waals surface area contributed by atoms with E-state index in [9.17, 15) is 19.8 Å². The molecule has 4 N–H and O–H groups in total. The van der Waals surface area contributed by atoms with E-state index in [1.807, 2.05) is 24.3 Å². The van der Waals surface area contributed by atoms with Crippen LogP contribution in [0.3, 0.4) is 0 Å². The van der Waals surface area contributed by atoms with Crippen LogP contribution >= 0.6 is 0 Å². The van der Waals surface area contributed by atoms with Gasteiger partial charge in [-0.1, -0.05) is 43.5 Å². The van der Waals surface area contributed by atoms with Gasteiger partial charge in [0.05, 0.1) is 24.1 Å². The molecule has 1 aromatic heterocycles. The monoisotopic (exact) mass is 460 g/mol. The van der Waals surface area contributed by atoms with Crippen molar-refractivity contribution in [2.75, 3.05) is 7.11 Å². The summed E-state index contributed by atoms with van der Waals surface area (Å²) in [6, 6.07) is 15.7. The van der Waals surface area contributed by atoms with Gasteiger partial charge in [0.2, 0.25) is 5.91 Å². The lowest BCUT2D eigenvalue weighted by Gasteiger charge is -2.33. The van der Waals surface area contributed by atoms with E-state index < -0.39 is 23.2 Å². The molecule has 7 heteroatoms. The summed E-state index contributed by atoms with van der Waals surface area (Å²) in [5.41, 5.74) is 8.27. The molecule has 1 aliphatic carbocycles. The second kappa shape index (κ2) is 9.55. The zero-order chi connectivity index (χ0) is 24.3. The Bertz CT molecular complexity index is 1220. The Morgan fingerprint density at radius 1 is 1.03 bits per heavy atom. The molecule has 7 nitrogen and oxygen atoms in total. The molecule has 1 fully saturated rings. The van der Waals surface area contributed by atoms with E-state index in [4.69, 9.17) is 10.5 Å². The standard InChI is InChI=1S/C27H28N2O5/c1-34-23-16-18(8-9-22(23)30)24(25(28)31)19-10-13-29-21(15-19)17-6-5-7-20(14-17)27(26(32)33)11-3-2-4-12-27/h5-10,13-16,24,30H,2-4,11-12H2,1H3,(H2,28,31)(H,32,33). The van der Waals surface area contributed by atoms with Crippen LogP contribution in [-0.2, 0) is 15.0 Å². The van der Waals surface area contributed by atoms with Crippen LogP contribution in [0, 0.1) is 0 Å². The third-order valence-electron chi connectivity index (χ3n) is 6.77. The number of aromatic nitrogens is 1. The second-order valence-corrected chi connectivity index (χ2v) is 8.77. The number of primary amides is 1. The molecule has 0 aliphatic heterocycles. The molecule has 0 saturated heterocycles. The molecular weight excluding hydrogens is 432 g/mol.